The average molecular weight is 407 g/mol. The average Bonchev–Trinajstić information content (AvgIpc) is 3.28. The third-order valence-corrected chi connectivity index (χ3v) is 5.62. The van der Waals surface area contributed by atoms with Crippen LogP contribution in [0.5, 0.6) is 0 Å². The Morgan fingerprint density at radius 3 is 2.80 bits per heavy atom. The maximum Gasteiger partial charge on any atom is 0.257 e. The molecule has 6 nitrogen and oxygen atoms in total. The molecule has 30 heavy (non-hydrogen) atoms. The number of carbonyl (C=O) groups excluding carboxylic acids is 1. The van der Waals surface area contributed by atoms with E-state index in [9.17, 15) is 9.18 Å². The van der Waals surface area contributed by atoms with Crippen molar-refractivity contribution < 1.29 is 9.18 Å². The molecule has 1 aromatic carbocycles. The van der Waals surface area contributed by atoms with Crippen molar-refractivity contribution in [2.24, 2.45) is 5.92 Å². The Morgan fingerprint density at radius 1 is 1.17 bits per heavy atom. The summed E-state index contributed by atoms with van der Waals surface area (Å²) >= 11 is 0. The minimum Gasteiger partial charge on any atom is -0.339 e. The lowest BCUT2D eigenvalue weighted by molar-refractivity contribution is 0.0686. The van der Waals surface area contributed by atoms with Crippen LogP contribution in [-0.2, 0) is 6.54 Å². The van der Waals surface area contributed by atoms with Gasteiger partial charge in [0, 0.05) is 43.9 Å². The lowest BCUT2D eigenvalue weighted by Gasteiger charge is -2.32. The van der Waals surface area contributed by atoms with Gasteiger partial charge in [-0.15, -0.1) is 0 Å². The van der Waals surface area contributed by atoms with E-state index in [1.165, 1.54) is 18.6 Å². The summed E-state index contributed by atoms with van der Waals surface area (Å²) in [6.45, 7) is 2.50. The van der Waals surface area contributed by atoms with Gasteiger partial charge in [-0.1, -0.05) is 6.07 Å². The molecule has 3 aromatic rings. The molecule has 1 N–H and O–H groups in total. The molecule has 1 fully saturated rings. The number of imidazole rings is 1. The first-order chi connectivity index (χ1) is 14.7. The Hall–Kier alpha value is -3.22. The first-order valence-electron chi connectivity index (χ1n) is 10.4. The number of rotatable bonds is 7. The number of nitrogens with one attached hydrogen (secondary N) is 1. The number of aromatic nitrogens is 3. The van der Waals surface area contributed by atoms with Crippen LogP contribution in [0.15, 0.2) is 61.3 Å². The van der Waals surface area contributed by atoms with Crippen LogP contribution in [0.4, 0.5) is 15.9 Å². The van der Waals surface area contributed by atoms with Gasteiger partial charge in [-0.05, 0) is 61.9 Å². The van der Waals surface area contributed by atoms with Crippen LogP contribution in [0.25, 0.3) is 0 Å². The zero-order valence-electron chi connectivity index (χ0n) is 16.9. The fraction of sp³-hybridized carbons (Fsp3) is 0.348. The second-order valence-electron chi connectivity index (χ2n) is 7.71. The molecule has 7 heteroatoms. The summed E-state index contributed by atoms with van der Waals surface area (Å²) in [6, 6.07) is 9.68. The van der Waals surface area contributed by atoms with Gasteiger partial charge in [-0.3, -0.25) is 4.79 Å². The maximum absolute atomic E-state index is 13.5. The van der Waals surface area contributed by atoms with Crippen molar-refractivity contribution in [3.05, 3.63) is 72.7 Å². The first-order valence-corrected chi connectivity index (χ1v) is 10.4. The number of halogens is 1. The lowest BCUT2D eigenvalue weighted by atomic mass is 9.92. The zero-order valence-corrected chi connectivity index (χ0v) is 16.9. The fourth-order valence-electron chi connectivity index (χ4n) is 3.96. The highest BCUT2D eigenvalue weighted by atomic mass is 19.1. The summed E-state index contributed by atoms with van der Waals surface area (Å²) in [5.41, 5.74) is 1.08. The Labute approximate surface area is 175 Å². The van der Waals surface area contributed by atoms with E-state index in [0.717, 1.165) is 38.9 Å². The first kappa shape index (κ1) is 20.1. The Kier molecular flexibility index (Phi) is 6.37. The lowest BCUT2D eigenvalue weighted by Crippen LogP contribution is -2.38. The summed E-state index contributed by atoms with van der Waals surface area (Å²) < 4.78 is 15.6. The molecule has 1 aliphatic rings. The molecule has 0 unspecified atom stereocenters. The summed E-state index contributed by atoms with van der Waals surface area (Å²) in [5.74, 6) is 0.740. The van der Waals surface area contributed by atoms with E-state index >= 15 is 0 Å². The van der Waals surface area contributed by atoms with Crippen LogP contribution >= 0.6 is 0 Å². The third-order valence-electron chi connectivity index (χ3n) is 5.62. The zero-order chi connectivity index (χ0) is 20.8. The van der Waals surface area contributed by atoms with Crippen molar-refractivity contribution in [2.45, 2.75) is 32.2 Å². The number of carbonyl (C=O) groups is 1. The number of piperidine rings is 1. The second-order valence-corrected chi connectivity index (χ2v) is 7.71. The number of hydrogen-bond donors (Lipinski definition) is 1. The largest absolute Gasteiger partial charge is 0.339 e. The van der Waals surface area contributed by atoms with Crippen molar-refractivity contribution >= 4 is 17.4 Å². The van der Waals surface area contributed by atoms with E-state index in [4.69, 9.17) is 0 Å². The topological polar surface area (TPSA) is 63.1 Å². The van der Waals surface area contributed by atoms with E-state index in [0.29, 0.717) is 23.0 Å². The van der Waals surface area contributed by atoms with Gasteiger partial charge in [0.25, 0.3) is 5.91 Å². The predicted molar refractivity (Wildman–Crippen MR) is 114 cm³/mol. The molecule has 3 heterocycles. The Morgan fingerprint density at radius 2 is 2.03 bits per heavy atom. The number of anilines is 2. The summed E-state index contributed by atoms with van der Waals surface area (Å²) in [4.78, 5) is 23.4. The molecule has 0 bridgehead atoms. The van der Waals surface area contributed by atoms with Crippen LogP contribution in [0, 0.1) is 11.7 Å². The highest BCUT2D eigenvalue weighted by molar-refractivity contribution is 5.99. The van der Waals surface area contributed by atoms with Gasteiger partial charge in [0.05, 0.1) is 11.9 Å². The minimum absolute atomic E-state index is 0.0288. The molecule has 1 aliphatic heterocycles. The molecular formula is C23H26FN5O. The van der Waals surface area contributed by atoms with Crippen molar-refractivity contribution in [1.82, 2.24) is 19.4 Å². The van der Waals surface area contributed by atoms with Crippen LogP contribution in [0.1, 0.15) is 36.0 Å². The monoisotopic (exact) mass is 407 g/mol. The normalized spacial score (nSPS) is 14.6. The number of nitrogens with zero attached hydrogens (tertiary/aromatic N) is 4. The smallest absolute Gasteiger partial charge is 0.257 e. The van der Waals surface area contributed by atoms with E-state index in [1.807, 2.05) is 17.4 Å². The van der Waals surface area contributed by atoms with Gasteiger partial charge in [-0.2, -0.15) is 0 Å². The quantitative estimate of drug-likeness (QED) is 0.627. The number of benzene rings is 1. The molecule has 0 radical (unpaired) electrons. The van der Waals surface area contributed by atoms with Crippen molar-refractivity contribution in [2.75, 3.05) is 18.4 Å². The van der Waals surface area contributed by atoms with Gasteiger partial charge >= 0.3 is 0 Å². The number of likely N-dealkylation sites (tertiary alicyclic amines) is 1. The third kappa shape index (κ3) is 5.03. The van der Waals surface area contributed by atoms with Gasteiger partial charge < -0.3 is 14.8 Å². The van der Waals surface area contributed by atoms with Gasteiger partial charge in [0.2, 0.25) is 0 Å². The molecule has 1 amide bonds. The molecule has 1 saturated heterocycles. The standard InChI is InChI=1S/C23H26FN5O/c24-19-5-1-6-20(16-19)27-22-21(7-2-10-26-22)23(30)29-13-8-18(9-14-29)4-3-12-28-15-11-25-17-28/h1-2,5-7,10-11,15-18H,3-4,8-9,12-14H2,(H,26,27). The Bertz CT molecular complexity index is 967. The van der Waals surface area contributed by atoms with Crippen LogP contribution in [0.3, 0.4) is 0 Å². The second kappa shape index (κ2) is 9.52. The highest BCUT2D eigenvalue weighted by Gasteiger charge is 2.25. The van der Waals surface area contributed by atoms with Crippen molar-refractivity contribution in [1.29, 1.82) is 0 Å². The predicted octanol–water partition coefficient (Wildman–Crippen LogP) is 4.49. The number of aryl methyl sites for hydroxylation is 1. The highest BCUT2D eigenvalue weighted by Crippen LogP contribution is 2.26. The maximum atomic E-state index is 13.5. The van der Waals surface area contributed by atoms with Crippen molar-refractivity contribution in [3.63, 3.8) is 0 Å². The SMILES string of the molecule is O=C(c1cccnc1Nc1cccc(F)c1)N1CCC(CCCn2ccnc2)CC1. The van der Waals surface area contributed by atoms with Crippen LogP contribution in [-0.4, -0.2) is 38.4 Å². The van der Waals surface area contributed by atoms with E-state index in [1.54, 1.807) is 36.7 Å². The van der Waals surface area contributed by atoms with Crippen LogP contribution in [0.2, 0.25) is 0 Å². The molecule has 0 atom stereocenters. The Balaban J connectivity index is 1.33. The molecule has 0 saturated carbocycles. The minimum atomic E-state index is -0.334. The van der Waals surface area contributed by atoms with E-state index < -0.39 is 0 Å². The molecular weight excluding hydrogens is 381 g/mol. The summed E-state index contributed by atoms with van der Waals surface area (Å²) in [5, 5.41) is 3.08. The summed E-state index contributed by atoms with van der Waals surface area (Å²) in [6.07, 6.45) is 11.6. The van der Waals surface area contributed by atoms with E-state index in [2.05, 4.69) is 19.9 Å². The van der Waals surface area contributed by atoms with Crippen molar-refractivity contribution in [3.8, 4) is 0 Å². The molecule has 2 aromatic heterocycles. The number of hydrogen-bond acceptors (Lipinski definition) is 4. The summed E-state index contributed by atoms with van der Waals surface area (Å²) in [7, 11) is 0. The van der Waals surface area contributed by atoms with E-state index in [-0.39, 0.29) is 11.7 Å². The van der Waals surface area contributed by atoms with Gasteiger partial charge in [0.15, 0.2) is 0 Å². The molecule has 0 aliphatic carbocycles. The van der Waals surface area contributed by atoms with Gasteiger partial charge in [0.1, 0.15) is 11.6 Å². The molecule has 4 rings (SSSR count). The number of pyridine rings is 1. The number of amides is 1. The van der Waals surface area contributed by atoms with Crippen LogP contribution < -0.4 is 5.32 Å². The molecule has 0 spiro atoms. The molecule has 156 valence electrons. The van der Waals surface area contributed by atoms with Gasteiger partial charge in [-0.25, -0.2) is 14.4 Å². The fourth-order valence-corrected chi connectivity index (χ4v) is 3.96.